The molecule has 26 heavy (non-hydrogen) atoms. The zero-order valence-corrected chi connectivity index (χ0v) is 15.4. The minimum atomic E-state index is -3.23. The van der Waals surface area contributed by atoms with Crippen LogP contribution in [0.1, 0.15) is 37.7 Å². The summed E-state index contributed by atoms with van der Waals surface area (Å²) in [5.74, 6) is -1.51. The number of carbonyl (C=O) groups excluding carboxylic acids is 1. The summed E-state index contributed by atoms with van der Waals surface area (Å²) in [6, 6.07) is 7.16. The molecule has 1 aliphatic heterocycles. The molecule has 0 aromatic heterocycles. The van der Waals surface area contributed by atoms with Gasteiger partial charge in [0, 0.05) is 19.0 Å². The van der Waals surface area contributed by atoms with E-state index in [0.717, 1.165) is 12.0 Å². The average molecular weight is 380 g/mol. The third-order valence-electron chi connectivity index (χ3n) is 5.16. The largest absolute Gasteiger partial charge is 0.481 e. The number of hydrogen-bond acceptors (Lipinski definition) is 4. The van der Waals surface area contributed by atoms with Gasteiger partial charge in [0.05, 0.1) is 17.4 Å². The zero-order valence-electron chi connectivity index (χ0n) is 14.6. The summed E-state index contributed by atoms with van der Waals surface area (Å²) >= 11 is 0. The molecule has 8 heteroatoms. The highest BCUT2D eigenvalue weighted by Gasteiger charge is 2.31. The highest BCUT2D eigenvalue weighted by atomic mass is 32.2. The van der Waals surface area contributed by atoms with Gasteiger partial charge in [0.2, 0.25) is 15.9 Å². The Balaban J connectivity index is 1.60. The van der Waals surface area contributed by atoms with Gasteiger partial charge < -0.3 is 10.4 Å². The fourth-order valence-electron chi connectivity index (χ4n) is 3.74. The summed E-state index contributed by atoms with van der Waals surface area (Å²) in [5.41, 5.74) is 1.45. The molecule has 1 saturated carbocycles. The third kappa shape index (κ3) is 4.17. The molecular formula is C18H24N2O5S. The van der Waals surface area contributed by atoms with E-state index in [0.29, 0.717) is 44.5 Å². The van der Waals surface area contributed by atoms with Gasteiger partial charge in [-0.05, 0) is 43.4 Å². The van der Waals surface area contributed by atoms with Crippen LogP contribution >= 0.6 is 0 Å². The first kappa shape index (κ1) is 18.7. The molecule has 142 valence electrons. The van der Waals surface area contributed by atoms with E-state index in [4.69, 9.17) is 5.11 Å². The van der Waals surface area contributed by atoms with Crippen LogP contribution in [0.25, 0.3) is 0 Å². The molecule has 0 spiro atoms. The van der Waals surface area contributed by atoms with Gasteiger partial charge in [0.15, 0.2) is 0 Å². The number of carbonyl (C=O) groups is 2. The first-order chi connectivity index (χ1) is 12.4. The Morgan fingerprint density at radius 1 is 1.19 bits per heavy atom. The molecule has 7 nitrogen and oxygen atoms in total. The maximum atomic E-state index is 12.4. The molecule has 2 unspecified atom stereocenters. The van der Waals surface area contributed by atoms with Gasteiger partial charge in [-0.15, -0.1) is 0 Å². The summed E-state index contributed by atoms with van der Waals surface area (Å²) in [6.07, 6.45) is 3.09. The van der Waals surface area contributed by atoms with Crippen LogP contribution < -0.4 is 9.62 Å². The third-order valence-corrected chi connectivity index (χ3v) is 7.03. The predicted molar refractivity (Wildman–Crippen MR) is 97.1 cm³/mol. The van der Waals surface area contributed by atoms with E-state index >= 15 is 0 Å². The number of rotatable bonds is 5. The fraction of sp³-hybridized carbons (Fsp3) is 0.556. The summed E-state index contributed by atoms with van der Waals surface area (Å²) in [7, 11) is -3.23. The van der Waals surface area contributed by atoms with E-state index in [1.807, 2.05) is 6.07 Å². The van der Waals surface area contributed by atoms with Crippen LogP contribution in [-0.4, -0.2) is 37.7 Å². The lowest BCUT2D eigenvalue weighted by atomic mass is 9.81. The molecule has 2 fully saturated rings. The van der Waals surface area contributed by atoms with Gasteiger partial charge in [-0.25, -0.2) is 8.42 Å². The van der Waals surface area contributed by atoms with E-state index in [1.54, 1.807) is 18.2 Å². The normalized spacial score (nSPS) is 25.0. The van der Waals surface area contributed by atoms with E-state index in [2.05, 4.69) is 5.32 Å². The number of benzene rings is 1. The topological polar surface area (TPSA) is 104 Å². The first-order valence-electron chi connectivity index (χ1n) is 8.97. The van der Waals surface area contributed by atoms with Gasteiger partial charge >= 0.3 is 5.97 Å². The minimum Gasteiger partial charge on any atom is -0.481 e. The number of carboxylic acid groups (broad SMARTS) is 1. The van der Waals surface area contributed by atoms with Gasteiger partial charge in [-0.2, -0.15) is 0 Å². The molecule has 0 bridgehead atoms. The van der Waals surface area contributed by atoms with Crippen LogP contribution in [-0.2, 0) is 26.2 Å². The highest BCUT2D eigenvalue weighted by Crippen LogP contribution is 2.29. The number of nitrogens with one attached hydrogen (secondary N) is 1. The van der Waals surface area contributed by atoms with E-state index < -0.39 is 21.9 Å². The van der Waals surface area contributed by atoms with E-state index in [1.165, 1.54) is 4.31 Å². The molecule has 1 saturated heterocycles. The molecule has 1 aromatic carbocycles. The Kier molecular flexibility index (Phi) is 5.50. The number of nitrogens with zero attached hydrogens (tertiary/aromatic N) is 1. The van der Waals surface area contributed by atoms with Crippen molar-refractivity contribution in [2.24, 2.45) is 11.8 Å². The van der Waals surface area contributed by atoms with Crippen molar-refractivity contribution in [3.8, 4) is 0 Å². The van der Waals surface area contributed by atoms with Gasteiger partial charge in [0.25, 0.3) is 0 Å². The maximum Gasteiger partial charge on any atom is 0.306 e. The van der Waals surface area contributed by atoms with Crippen molar-refractivity contribution in [1.29, 1.82) is 0 Å². The summed E-state index contributed by atoms with van der Waals surface area (Å²) in [6.45, 7) is 0.783. The Bertz CT molecular complexity index is 793. The predicted octanol–water partition coefficient (Wildman–Crippen LogP) is 1.73. The molecule has 2 atom stereocenters. The SMILES string of the molecule is O=C(O)C1CCCC(C(=O)NCc2cccc(N3CCCS3(=O)=O)c2)C1. The first-order valence-corrected chi connectivity index (χ1v) is 10.6. The Labute approximate surface area is 153 Å². The van der Waals surface area contributed by atoms with Gasteiger partial charge in [-0.1, -0.05) is 18.6 Å². The van der Waals surface area contributed by atoms with Gasteiger partial charge in [-0.3, -0.25) is 13.9 Å². The van der Waals surface area contributed by atoms with E-state index in [9.17, 15) is 18.0 Å². The van der Waals surface area contributed by atoms with Crippen molar-refractivity contribution in [3.05, 3.63) is 29.8 Å². The van der Waals surface area contributed by atoms with Crippen LogP contribution in [0.2, 0.25) is 0 Å². The second-order valence-corrected chi connectivity index (χ2v) is 9.04. The lowest BCUT2D eigenvalue weighted by molar-refractivity contribution is -0.144. The summed E-state index contributed by atoms with van der Waals surface area (Å²) < 4.78 is 25.5. The van der Waals surface area contributed by atoms with Crippen LogP contribution in [0.4, 0.5) is 5.69 Å². The summed E-state index contributed by atoms with van der Waals surface area (Å²) in [4.78, 5) is 23.5. The lowest BCUT2D eigenvalue weighted by Crippen LogP contribution is -2.35. The van der Waals surface area contributed by atoms with E-state index in [-0.39, 0.29) is 17.6 Å². The van der Waals surface area contributed by atoms with Crippen molar-refractivity contribution in [2.75, 3.05) is 16.6 Å². The molecule has 2 aliphatic rings. The molecule has 1 heterocycles. The molecule has 1 amide bonds. The second-order valence-electron chi connectivity index (χ2n) is 7.03. The number of aliphatic carboxylic acids is 1. The van der Waals surface area contributed by atoms with Crippen molar-refractivity contribution in [3.63, 3.8) is 0 Å². The van der Waals surface area contributed by atoms with Crippen molar-refractivity contribution < 1.29 is 23.1 Å². The van der Waals surface area contributed by atoms with Crippen molar-refractivity contribution >= 4 is 27.6 Å². The smallest absolute Gasteiger partial charge is 0.306 e. The van der Waals surface area contributed by atoms with Crippen molar-refractivity contribution in [2.45, 2.75) is 38.6 Å². The fourth-order valence-corrected chi connectivity index (χ4v) is 5.29. The Morgan fingerprint density at radius 3 is 2.65 bits per heavy atom. The van der Waals surface area contributed by atoms with Crippen LogP contribution in [0.5, 0.6) is 0 Å². The minimum absolute atomic E-state index is 0.129. The Hall–Kier alpha value is -2.09. The molecular weight excluding hydrogens is 356 g/mol. The quantitative estimate of drug-likeness (QED) is 0.810. The molecule has 1 aromatic rings. The number of anilines is 1. The maximum absolute atomic E-state index is 12.4. The van der Waals surface area contributed by atoms with Gasteiger partial charge in [0.1, 0.15) is 0 Å². The summed E-state index contributed by atoms with van der Waals surface area (Å²) in [5, 5.41) is 12.0. The Morgan fingerprint density at radius 2 is 1.96 bits per heavy atom. The van der Waals surface area contributed by atoms with Crippen LogP contribution in [0.3, 0.4) is 0 Å². The standard InChI is InChI=1S/C18H24N2O5S/c21-17(14-5-2-6-15(11-14)18(22)23)19-12-13-4-1-7-16(10-13)20-8-3-9-26(20,24)25/h1,4,7,10,14-15H,2-3,5-6,8-9,11-12H2,(H,19,21)(H,22,23). The van der Waals surface area contributed by atoms with Crippen LogP contribution in [0.15, 0.2) is 24.3 Å². The molecule has 2 N–H and O–H groups in total. The second kappa shape index (κ2) is 7.65. The number of amides is 1. The zero-order chi connectivity index (χ0) is 18.7. The monoisotopic (exact) mass is 380 g/mol. The average Bonchev–Trinajstić information content (AvgIpc) is 2.99. The molecule has 1 aliphatic carbocycles. The number of carboxylic acids is 1. The number of hydrogen-bond donors (Lipinski definition) is 2. The highest BCUT2D eigenvalue weighted by molar-refractivity contribution is 7.93. The number of sulfonamides is 1. The molecule has 3 rings (SSSR count). The molecule has 0 radical (unpaired) electrons. The van der Waals surface area contributed by atoms with Crippen molar-refractivity contribution in [1.82, 2.24) is 5.32 Å². The van der Waals surface area contributed by atoms with Crippen LogP contribution in [0, 0.1) is 11.8 Å². The lowest BCUT2D eigenvalue weighted by Gasteiger charge is -2.25.